The molecular weight excluding hydrogens is 351 g/mol. The molecule has 0 saturated heterocycles. The fraction of sp³-hybridized carbons (Fsp3) is 0.111. The van der Waals surface area contributed by atoms with E-state index in [1.54, 1.807) is 23.5 Å². The maximum absolute atomic E-state index is 5.89. The summed E-state index contributed by atoms with van der Waals surface area (Å²) in [7, 11) is 0. The number of allylic oxidation sites excluding steroid dienone is 2. The molecule has 0 amide bonds. The van der Waals surface area contributed by atoms with Gasteiger partial charge >= 0.3 is 0 Å². The van der Waals surface area contributed by atoms with Crippen molar-refractivity contribution in [3.05, 3.63) is 80.5 Å². The topological polar surface area (TPSA) is 0 Å². The van der Waals surface area contributed by atoms with Crippen LogP contribution in [0, 0.1) is 0 Å². The highest BCUT2D eigenvalue weighted by Crippen LogP contribution is 2.27. The van der Waals surface area contributed by atoms with Crippen LogP contribution in [0.4, 0.5) is 0 Å². The van der Waals surface area contributed by atoms with Crippen LogP contribution in [0.15, 0.2) is 80.3 Å². The maximum atomic E-state index is 5.89. The number of benzene rings is 2. The monoisotopic (exact) mass is 366 g/mol. The summed E-state index contributed by atoms with van der Waals surface area (Å²) < 4.78 is 0. The molecule has 0 aliphatic heterocycles. The van der Waals surface area contributed by atoms with Crippen molar-refractivity contribution in [1.29, 1.82) is 0 Å². The predicted octanol–water partition coefficient (Wildman–Crippen LogP) is 7.69. The molecule has 0 radical (unpaired) electrons. The van der Waals surface area contributed by atoms with Crippen LogP contribution in [0.1, 0.15) is 13.8 Å². The van der Waals surface area contributed by atoms with E-state index in [-0.39, 0.29) is 0 Å². The second-order valence-corrected chi connectivity index (χ2v) is 7.50. The minimum atomic E-state index is 0.764. The van der Waals surface area contributed by atoms with E-state index in [0.717, 1.165) is 10.0 Å². The van der Waals surface area contributed by atoms with Crippen LogP contribution in [0.25, 0.3) is 0 Å². The Morgan fingerprint density at radius 2 is 1.00 bits per heavy atom. The van der Waals surface area contributed by atoms with Crippen LogP contribution in [0.5, 0.6) is 0 Å². The van der Waals surface area contributed by atoms with Gasteiger partial charge in [-0.25, -0.2) is 0 Å². The maximum Gasteiger partial charge on any atom is 0.0406 e. The van der Waals surface area contributed by atoms with E-state index < -0.39 is 0 Å². The van der Waals surface area contributed by atoms with Gasteiger partial charge in [0.1, 0.15) is 0 Å². The van der Waals surface area contributed by atoms with Gasteiger partial charge in [-0.3, -0.25) is 0 Å². The number of hydrogen-bond acceptors (Lipinski definition) is 2. The van der Waals surface area contributed by atoms with E-state index in [2.05, 4.69) is 24.7 Å². The quantitative estimate of drug-likeness (QED) is 0.392. The van der Waals surface area contributed by atoms with E-state index in [0.29, 0.717) is 0 Å². The van der Waals surface area contributed by atoms with Crippen LogP contribution >= 0.6 is 46.7 Å². The lowest BCUT2D eigenvalue weighted by Crippen LogP contribution is -1.78. The molecule has 0 spiro atoms. The van der Waals surface area contributed by atoms with Crippen LogP contribution < -0.4 is 0 Å². The van der Waals surface area contributed by atoms with E-state index in [4.69, 9.17) is 23.2 Å². The van der Waals surface area contributed by atoms with E-state index in [1.807, 2.05) is 48.5 Å². The van der Waals surface area contributed by atoms with Gasteiger partial charge in [-0.05, 0) is 84.3 Å². The molecule has 0 saturated carbocycles. The van der Waals surface area contributed by atoms with Crippen LogP contribution in [0.3, 0.4) is 0 Å². The van der Waals surface area contributed by atoms with Gasteiger partial charge in [0.15, 0.2) is 0 Å². The van der Waals surface area contributed by atoms with Crippen molar-refractivity contribution >= 4 is 46.7 Å². The van der Waals surface area contributed by atoms with Crippen molar-refractivity contribution in [3.63, 3.8) is 0 Å². The first-order valence-electron chi connectivity index (χ1n) is 6.73. The smallest absolute Gasteiger partial charge is 0.0406 e. The molecule has 2 rings (SSSR count). The Morgan fingerprint density at radius 1 is 0.682 bits per heavy atom. The van der Waals surface area contributed by atoms with Crippen molar-refractivity contribution in [2.24, 2.45) is 0 Å². The second-order valence-electron chi connectivity index (χ2n) is 4.75. The van der Waals surface area contributed by atoms with Crippen LogP contribution in [0.2, 0.25) is 10.0 Å². The lowest BCUT2D eigenvalue weighted by atomic mass is 10.2. The standard InChI is InChI=1S/C18H16Cl2S2/c1-13(11-21-17-7-3-15(19)4-8-17)14(2)12-22-18-9-5-16(20)6-10-18/h3-12H,1-2H3. The summed E-state index contributed by atoms with van der Waals surface area (Å²) in [5.41, 5.74) is 2.50. The fourth-order valence-corrected chi connectivity index (χ4v) is 3.36. The summed E-state index contributed by atoms with van der Waals surface area (Å²) in [5.74, 6) is 0. The highest BCUT2D eigenvalue weighted by Gasteiger charge is 1.97. The van der Waals surface area contributed by atoms with Crippen molar-refractivity contribution < 1.29 is 0 Å². The Labute approximate surface area is 150 Å². The van der Waals surface area contributed by atoms with Gasteiger partial charge in [0.2, 0.25) is 0 Å². The van der Waals surface area contributed by atoms with Crippen molar-refractivity contribution in [2.45, 2.75) is 23.6 Å². The zero-order valence-corrected chi connectivity index (χ0v) is 15.5. The van der Waals surface area contributed by atoms with E-state index >= 15 is 0 Å². The molecule has 0 atom stereocenters. The van der Waals surface area contributed by atoms with Gasteiger partial charge < -0.3 is 0 Å². The van der Waals surface area contributed by atoms with Crippen molar-refractivity contribution in [3.8, 4) is 0 Å². The molecule has 0 fully saturated rings. The van der Waals surface area contributed by atoms with Gasteiger partial charge in [0, 0.05) is 19.8 Å². The zero-order valence-electron chi connectivity index (χ0n) is 12.3. The molecule has 0 unspecified atom stereocenters. The Bertz CT molecular complexity index is 610. The zero-order chi connectivity index (χ0) is 15.9. The summed E-state index contributed by atoms with van der Waals surface area (Å²) in [5, 5.41) is 5.86. The normalized spacial score (nSPS) is 12.5. The first-order valence-corrected chi connectivity index (χ1v) is 9.24. The first-order chi connectivity index (χ1) is 10.5. The third-order valence-electron chi connectivity index (χ3n) is 2.99. The van der Waals surface area contributed by atoms with Gasteiger partial charge in [0.05, 0.1) is 0 Å². The summed E-state index contributed by atoms with van der Waals surface area (Å²) >= 11 is 15.2. The lowest BCUT2D eigenvalue weighted by molar-refractivity contribution is 1.37. The minimum absolute atomic E-state index is 0.764. The van der Waals surface area contributed by atoms with Gasteiger partial charge in [-0.15, -0.1) is 0 Å². The van der Waals surface area contributed by atoms with Crippen molar-refractivity contribution in [1.82, 2.24) is 0 Å². The Hall–Kier alpha value is -0.800. The Balaban J connectivity index is 1.96. The molecule has 0 heterocycles. The summed E-state index contributed by atoms with van der Waals surface area (Å²) in [4.78, 5) is 2.36. The van der Waals surface area contributed by atoms with Crippen LogP contribution in [-0.4, -0.2) is 0 Å². The number of hydrogen-bond donors (Lipinski definition) is 0. The number of halogens is 2. The molecule has 0 N–H and O–H groups in total. The average Bonchev–Trinajstić information content (AvgIpc) is 2.53. The molecule has 0 aromatic heterocycles. The van der Waals surface area contributed by atoms with Gasteiger partial charge in [-0.1, -0.05) is 46.7 Å². The molecular formula is C18H16Cl2S2. The molecule has 22 heavy (non-hydrogen) atoms. The molecule has 2 aromatic rings. The van der Waals surface area contributed by atoms with Crippen molar-refractivity contribution in [2.75, 3.05) is 0 Å². The molecule has 0 nitrogen and oxygen atoms in total. The molecule has 0 bridgehead atoms. The Kier molecular flexibility index (Phi) is 6.97. The van der Waals surface area contributed by atoms with E-state index in [1.165, 1.54) is 20.9 Å². The highest BCUT2D eigenvalue weighted by molar-refractivity contribution is 8.02. The average molecular weight is 367 g/mol. The third kappa shape index (κ3) is 5.77. The Morgan fingerprint density at radius 3 is 1.32 bits per heavy atom. The molecule has 114 valence electrons. The van der Waals surface area contributed by atoms with Gasteiger partial charge in [-0.2, -0.15) is 0 Å². The highest BCUT2D eigenvalue weighted by atomic mass is 35.5. The third-order valence-corrected chi connectivity index (χ3v) is 5.53. The summed E-state index contributed by atoms with van der Waals surface area (Å²) in [6.45, 7) is 4.24. The fourth-order valence-electron chi connectivity index (χ4n) is 1.53. The lowest BCUT2D eigenvalue weighted by Gasteiger charge is -2.03. The summed E-state index contributed by atoms with van der Waals surface area (Å²) in [6, 6.07) is 15.7. The number of thioether (sulfide) groups is 2. The minimum Gasteiger partial charge on any atom is -0.0978 e. The SMILES string of the molecule is CC(=CSc1ccc(Cl)cc1)C(C)=CSc1ccc(Cl)cc1. The largest absolute Gasteiger partial charge is 0.0978 e. The molecule has 0 aliphatic carbocycles. The molecule has 4 heteroatoms. The summed E-state index contributed by atoms with van der Waals surface area (Å²) in [6.07, 6.45) is 0. The molecule has 0 aliphatic rings. The number of rotatable bonds is 5. The first kappa shape index (κ1) is 17.6. The molecule has 2 aromatic carbocycles. The second kappa shape index (κ2) is 8.73. The van der Waals surface area contributed by atoms with Gasteiger partial charge in [0.25, 0.3) is 0 Å². The van der Waals surface area contributed by atoms with Crippen LogP contribution in [-0.2, 0) is 0 Å². The predicted molar refractivity (Wildman–Crippen MR) is 102 cm³/mol. The van der Waals surface area contributed by atoms with E-state index in [9.17, 15) is 0 Å².